The zero-order valence-electron chi connectivity index (χ0n) is 9.41. The van der Waals surface area contributed by atoms with Gasteiger partial charge in [0, 0.05) is 13.1 Å². The van der Waals surface area contributed by atoms with Gasteiger partial charge in [0.15, 0.2) is 0 Å². The summed E-state index contributed by atoms with van der Waals surface area (Å²) in [5.74, 6) is 0.781. The van der Waals surface area contributed by atoms with Crippen LogP contribution in [0, 0.1) is 5.92 Å². The van der Waals surface area contributed by atoms with Crippen molar-refractivity contribution in [2.24, 2.45) is 5.92 Å². The molecule has 0 aromatic rings. The van der Waals surface area contributed by atoms with Crippen molar-refractivity contribution in [3.8, 4) is 0 Å². The lowest BCUT2D eigenvalue weighted by Gasteiger charge is -2.34. The number of nitrogens with zero attached hydrogens (tertiary/aromatic N) is 1. The number of hydrogen-bond donors (Lipinski definition) is 1. The van der Waals surface area contributed by atoms with Gasteiger partial charge in [0.25, 0.3) is 0 Å². The SMILES string of the molecule is CC1CCCNC1C(=O)N1CC=CCC1. The summed E-state index contributed by atoms with van der Waals surface area (Å²) in [5.41, 5.74) is 0. The highest BCUT2D eigenvalue weighted by molar-refractivity contribution is 5.82. The molecule has 1 N–H and O–H groups in total. The van der Waals surface area contributed by atoms with Crippen LogP contribution in [0.15, 0.2) is 12.2 Å². The van der Waals surface area contributed by atoms with Crippen molar-refractivity contribution in [3.05, 3.63) is 12.2 Å². The molecule has 0 bridgehead atoms. The van der Waals surface area contributed by atoms with Crippen LogP contribution in [0.5, 0.6) is 0 Å². The fraction of sp³-hybridized carbons (Fsp3) is 0.750. The van der Waals surface area contributed by atoms with Crippen LogP contribution in [0.1, 0.15) is 26.2 Å². The van der Waals surface area contributed by atoms with Crippen molar-refractivity contribution in [1.29, 1.82) is 0 Å². The lowest BCUT2D eigenvalue weighted by atomic mass is 9.91. The van der Waals surface area contributed by atoms with E-state index in [9.17, 15) is 4.79 Å². The molecule has 2 unspecified atom stereocenters. The summed E-state index contributed by atoms with van der Waals surface area (Å²) >= 11 is 0. The van der Waals surface area contributed by atoms with Gasteiger partial charge >= 0.3 is 0 Å². The van der Waals surface area contributed by atoms with E-state index >= 15 is 0 Å². The van der Waals surface area contributed by atoms with Crippen LogP contribution < -0.4 is 5.32 Å². The monoisotopic (exact) mass is 208 g/mol. The van der Waals surface area contributed by atoms with Crippen molar-refractivity contribution in [1.82, 2.24) is 10.2 Å². The average molecular weight is 208 g/mol. The van der Waals surface area contributed by atoms with E-state index in [2.05, 4.69) is 24.4 Å². The molecule has 0 aromatic carbocycles. The molecule has 2 rings (SSSR count). The number of rotatable bonds is 1. The van der Waals surface area contributed by atoms with Crippen molar-refractivity contribution < 1.29 is 4.79 Å². The Morgan fingerprint density at radius 1 is 1.47 bits per heavy atom. The summed E-state index contributed by atoms with van der Waals surface area (Å²) in [5, 5.41) is 3.35. The number of hydrogen-bond acceptors (Lipinski definition) is 2. The van der Waals surface area contributed by atoms with Crippen LogP contribution >= 0.6 is 0 Å². The predicted molar refractivity (Wildman–Crippen MR) is 60.5 cm³/mol. The van der Waals surface area contributed by atoms with Crippen molar-refractivity contribution in [3.63, 3.8) is 0 Å². The van der Waals surface area contributed by atoms with E-state index in [1.807, 2.05) is 4.90 Å². The molecule has 0 aliphatic carbocycles. The molecule has 15 heavy (non-hydrogen) atoms. The summed E-state index contributed by atoms with van der Waals surface area (Å²) in [6.45, 7) is 4.85. The second-order valence-corrected chi connectivity index (χ2v) is 4.60. The van der Waals surface area contributed by atoms with Crippen LogP contribution in [0.3, 0.4) is 0 Å². The molecule has 3 heteroatoms. The zero-order valence-corrected chi connectivity index (χ0v) is 9.41. The van der Waals surface area contributed by atoms with E-state index in [0.717, 1.165) is 26.1 Å². The van der Waals surface area contributed by atoms with Crippen LogP contribution in [0.25, 0.3) is 0 Å². The first-order valence-corrected chi connectivity index (χ1v) is 5.96. The minimum Gasteiger partial charge on any atom is -0.337 e. The minimum absolute atomic E-state index is 0.0604. The summed E-state index contributed by atoms with van der Waals surface area (Å²) in [4.78, 5) is 14.2. The molecule has 0 saturated carbocycles. The molecule has 2 atom stereocenters. The first-order chi connectivity index (χ1) is 7.29. The Labute approximate surface area is 91.5 Å². The Morgan fingerprint density at radius 2 is 2.33 bits per heavy atom. The summed E-state index contributed by atoms with van der Waals surface area (Å²) < 4.78 is 0. The maximum atomic E-state index is 12.2. The van der Waals surface area contributed by atoms with Gasteiger partial charge in [0.05, 0.1) is 6.04 Å². The van der Waals surface area contributed by atoms with Crippen molar-refractivity contribution in [2.45, 2.75) is 32.2 Å². The molecular weight excluding hydrogens is 188 g/mol. The van der Waals surface area contributed by atoms with E-state index in [1.54, 1.807) is 0 Å². The molecule has 0 radical (unpaired) electrons. The molecule has 0 spiro atoms. The van der Waals surface area contributed by atoms with Crippen molar-refractivity contribution >= 4 is 5.91 Å². The minimum atomic E-state index is 0.0604. The third kappa shape index (κ3) is 2.40. The van der Waals surface area contributed by atoms with Gasteiger partial charge in [-0.3, -0.25) is 4.79 Å². The second kappa shape index (κ2) is 4.79. The maximum Gasteiger partial charge on any atom is 0.240 e. The van der Waals surface area contributed by atoms with E-state index in [-0.39, 0.29) is 6.04 Å². The van der Waals surface area contributed by atoms with E-state index < -0.39 is 0 Å². The first kappa shape index (κ1) is 10.7. The fourth-order valence-corrected chi connectivity index (χ4v) is 2.42. The number of amides is 1. The lowest BCUT2D eigenvalue weighted by Crippen LogP contribution is -2.52. The third-order valence-corrected chi connectivity index (χ3v) is 3.41. The molecule has 2 aliphatic heterocycles. The number of carbonyl (C=O) groups is 1. The van der Waals surface area contributed by atoms with Gasteiger partial charge in [0.1, 0.15) is 0 Å². The molecule has 2 aliphatic rings. The zero-order chi connectivity index (χ0) is 10.7. The molecule has 3 nitrogen and oxygen atoms in total. The highest BCUT2D eigenvalue weighted by Crippen LogP contribution is 2.18. The fourth-order valence-electron chi connectivity index (χ4n) is 2.42. The normalized spacial score (nSPS) is 31.7. The Kier molecular flexibility index (Phi) is 3.41. The highest BCUT2D eigenvalue weighted by Gasteiger charge is 2.30. The molecule has 1 amide bonds. The maximum absolute atomic E-state index is 12.2. The molecule has 1 fully saturated rings. The van der Waals surface area contributed by atoms with Crippen LogP contribution in [0.4, 0.5) is 0 Å². The van der Waals surface area contributed by atoms with Gasteiger partial charge in [-0.15, -0.1) is 0 Å². The third-order valence-electron chi connectivity index (χ3n) is 3.41. The quantitative estimate of drug-likeness (QED) is 0.656. The van der Waals surface area contributed by atoms with Gasteiger partial charge in [-0.2, -0.15) is 0 Å². The van der Waals surface area contributed by atoms with Gasteiger partial charge in [-0.05, 0) is 31.7 Å². The Morgan fingerprint density at radius 3 is 3.00 bits per heavy atom. The smallest absolute Gasteiger partial charge is 0.240 e. The molecule has 2 heterocycles. The van der Waals surface area contributed by atoms with E-state index in [0.29, 0.717) is 11.8 Å². The molecule has 84 valence electrons. The molecular formula is C12H20N2O. The largest absolute Gasteiger partial charge is 0.337 e. The number of nitrogens with one attached hydrogen (secondary N) is 1. The Bertz CT molecular complexity index is 262. The first-order valence-electron chi connectivity index (χ1n) is 5.96. The summed E-state index contributed by atoms with van der Waals surface area (Å²) in [7, 11) is 0. The van der Waals surface area contributed by atoms with Gasteiger partial charge in [-0.1, -0.05) is 19.1 Å². The highest BCUT2D eigenvalue weighted by atomic mass is 16.2. The van der Waals surface area contributed by atoms with Crippen molar-refractivity contribution in [2.75, 3.05) is 19.6 Å². The predicted octanol–water partition coefficient (Wildman–Crippen LogP) is 1.16. The number of carbonyl (C=O) groups excluding carboxylic acids is 1. The lowest BCUT2D eigenvalue weighted by molar-refractivity contribution is -0.134. The molecule has 0 aromatic heterocycles. The van der Waals surface area contributed by atoms with E-state index in [4.69, 9.17) is 0 Å². The van der Waals surface area contributed by atoms with Gasteiger partial charge in [-0.25, -0.2) is 0 Å². The van der Waals surface area contributed by atoms with Gasteiger partial charge in [0.2, 0.25) is 5.91 Å². The Hall–Kier alpha value is -0.830. The second-order valence-electron chi connectivity index (χ2n) is 4.60. The molecule has 1 saturated heterocycles. The van der Waals surface area contributed by atoms with Gasteiger partial charge < -0.3 is 10.2 Å². The van der Waals surface area contributed by atoms with Crippen LogP contribution in [-0.4, -0.2) is 36.5 Å². The number of piperidine rings is 1. The summed E-state index contributed by atoms with van der Waals surface area (Å²) in [6, 6.07) is 0.0604. The van der Waals surface area contributed by atoms with Crippen LogP contribution in [-0.2, 0) is 4.79 Å². The standard InChI is InChI=1S/C12H20N2O/c1-10-6-5-7-13-11(10)12(15)14-8-3-2-4-9-14/h2-3,10-11,13H,4-9H2,1H3. The van der Waals surface area contributed by atoms with E-state index in [1.165, 1.54) is 12.8 Å². The Balaban J connectivity index is 1.96. The van der Waals surface area contributed by atoms with Crippen LogP contribution in [0.2, 0.25) is 0 Å². The summed E-state index contributed by atoms with van der Waals surface area (Å²) in [6.07, 6.45) is 7.63. The average Bonchev–Trinajstić information content (AvgIpc) is 2.30. The topological polar surface area (TPSA) is 32.3 Å².